The van der Waals surface area contributed by atoms with Gasteiger partial charge in [-0.2, -0.15) is 0 Å². The van der Waals surface area contributed by atoms with Crippen LogP contribution < -0.4 is 4.74 Å². The highest BCUT2D eigenvalue weighted by atomic mass is 16.6. The van der Waals surface area contributed by atoms with Crippen molar-refractivity contribution in [2.24, 2.45) is 5.41 Å². The number of amides is 1. The predicted molar refractivity (Wildman–Crippen MR) is 105 cm³/mol. The average molecular weight is 401 g/mol. The third-order valence-corrected chi connectivity index (χ3v) is 5.10. The maximum absolute atomic E-state index is 13.2. The summed E-state index contributed by atoms with van der Waals surface area (Å²) in [4.78, 5) is 39.5. The quantitative estimate of drug-likeness (QED) is 0.727. The Labute approximate surface area is 170 Å². The normalized spacial score (nSPS) is 21.2. The second-order valence-electron chi connectivity index (χ2n) is 8.35. The summed E-state index contributed by atoms with van der Waals surface area (Å²) in [6, 6.07) is 6.19. The molecule has 0 aliphatic carbocycles. The summed E-state index contributed by atoms with van der Waals surface area (Å²) < 4.78 is 10.8. The van der Waals surface area contributed by atoms with E-state index < -0.39 is 29.1 Å². The van der Waals surface area contributed by atoms with Gasteiger partial charge in [0.05, 0.1) is 18.2 Å². The van der Waals surface area contributed by atoms with Gasteiger partial charge in [-0.15, -0.1) is 0 Å². The molecule has 156 valence electrons. The van der Waals surface area contributed by atoms with Crippen molar-refractivity contribution in [1.82, 2.24) is 4.90 Å². The minimum Gasteiger partial charge on any atom is -0.503 e. The van der Waals surface area contributed by atoms with Crippen LogP contribution in [-0.4, -0.2) is 47.4 Å². The van der Waals surface area contributed by atoms with Crippen LogP contribution in [0.4, 0.5) is 0 Å². The van der Waals surface area contributed by atoms with Gasteiger partial charge in [0.25, 0.3) is 5.91 Å². The van der Waals surface area contributed by atoms with Gasteiger partial charge in [0, 0.05) is 17.5 Å². The summed E-state index contributed by atoms with van der Waals surface area (Å²) in [5.41, 5.74) is -0.138. The van der Waals surface area contributed by atoms with Crippen LogP contribution in [0, 0.1) is 5.41 Å². The number of nitrogens with zero attached hydrogens (tertiary/aromatic N) is 1. The third kappa shape index (κ3) is 4.28. The van der Waals surface area contributed by atoms with E-state index in [1.807, 2.05) is 0 Å². The SMILES string of the molecule is CC(C)(C)C(=O)C1=C(O)C(=O)N2CCCCCOC(=O)COc3ccccc3C12. The van der Waals surface area contributed by atoms with E-state index in [0.717, 1.165) is 6.42 Å². The monoisotopic (exact) mass is 401 g/mol. The number of Topliss-reactive ketones (excluding diaryl/α,β-unsaturated/α-hetero) is 1. The summed E-state index contributed by atoms with van der Waals surface area (Å²) in [5, 5.41) is 10.6. The highest BCUT2D eigenvalue weighted by Gasteiger charge is 2.46. The first-order valence-corrected chi connectivity index (χ1v) is 9.88. The summed E-state index contributed by atoms with van der Waals surface area (Å²) >= 11 is 0. The molecule has 2 aliphatic heterocycles. The van der Waals surface area contributed by atoms with E-state index in [0.29, 0.717) is 37.3 Å². The van der Waals surface area contributed by atoms with Crippen LogP contribution in [0.25, 0.3) is 0 Å². The van der Waals surface area contributed by atoms with Crippen molar-refractivity contribution in [3.05, 3.63) is 41.2 Å². The summed E-state index contributed by atoms with van der Waals surface area (Å²) in [7, 11) is 0. The summed E-state index contributed by atoms with van der Waals surface area (Å²) in [6.45, 7) is 5.65. The molecule has 2 heterocycles. The first-order valence-electron chi connectivity index (χ1n) is 9.88. The Kier molecular flexibility index (Phi) is 5.96. The van der Waals surface area contributed by atoms with E-state index in [1.54, 1.807) is 45.0 Å². The number of hydrogen-bond acceptors (Lipinski definition) is 6. The molecule has 1 aromatic carbocycles. The Hall–Kier alpha value is -2.83. The van der Waals surface area contributed by atoms with Gasteiger partial charge in [-0.1, -0.05) is 39.0 Å². The largest absolute Gasteiger partial charge is 0.503 e. The van der Waals surface area contributed by atoms with Crippen LogP contribution >= 0.6 is 0 Å². The van der Waals surface area contributed by atoms with Crippen molar-refractivity contribution in [3.8, 4) is 5.75 Å². The molecule has 0 bridgehead atoms. The zero-order chi connectivity index (χ0) is 21.2. The molecule has 1 aromatic rings. The zero-order valence-electron chi connectivity index (χ0n) is 17.1. The van der Waals surface area contributed by atoms with Crippen LogP contribution in [0.3, 0.4) is 0 Å². The number of rotatable bonds is 1. The van der Waals surface area contributed by atoms with Crippen LogP contribution in [0.1, 0.15) is 51.6 Å². The van der Waals surface area contributed by atoms with Crippen molar-refractivity contribution in [2.45, 2.75) is 46.1 Å². The lowest BCUT2D eigenvalue weighted by atomic mass is 9.82. The number of carbonyl (C=O) groups is 3. The van der Waals surface area contributed by atoms with Gasteiger partial charge in [0.2, 0.25) is 0 Å². The van der Waals surface area contributed by atoms with Gasteiger partial charge in [0.1, 0.15) is 5.75 Å². The molecular formula is C22H27NO6. The molecule has 7 nitrogen and oxygen atoms in total. The fourth-order valence-electron chi connectivity index (χ4n) is 3.61. The number of hydrogen-bond donors (Lipinski definition) is 1. The number of para-hydroxylation sites is 1. The van der Waals surface area contributed by atoms with Crippen LogP contribution in [0.5, 0.6) is 5.75 Å². The molecule has 0 spiro atoms. The van der Waals surface area contributed by atoms with Crippen LogP contribution in [-0.2, 0) is 19.1 Å². The Morgan fingerprint density at radius 2 is 1.83 bits per heavy atom. The van der Waals surface area contributed by atoms with Crippen molar-refractivity contribution >= 4 is 17.7 Å². The molecule has 1 amide bonds. The van der Waals surface area contributed by atoms with E-state index in [2.05, 4.69) is 0 Å². The van der Waals surface area contributed by atoms with E-state index in [1.165, 1.54) is 4.90 Å². The number of fused-ring (bicyclic) bond motifs is 3. The Morgan fingerprint density at radius 3 is 2.55 bits per heavy atom. The van der Waals surface area contributed by atoms with Crippen molar-refractivity contribution in [3.63, 3.8) is 0 Å². The number of aliphatic hydroxyl groups excluding tert-OH is 1. The van der Waals surface area contributed by atoms with Crippen LogP contribution in [0.2, 0.25) is 0 Å². The van der Waals surface area contributed by atoms with E-state index in [9.17, 15) is 19.5 Å². The fourth-order valence-corrected chi connectivity index (χ4v) is 3.61. The molecule has 1 N–H and O–H groups in total. The van der Waals surface area contributed by atoms with Gasteiger partial charge in [-0.3, -0.25) is 9.59 Å². The van der Waals surface area contributed by atoms with Crippen LogP contribution in [0.15, 0.2) is 35.6 Å². The van der Waals surface area contributed by atoms with Gasteiger partial charge >= 0.3 is 5.97 Å². The maximum atomic E-state index is 13.2. The number of benzene rings is 1. The second-order valence-corrected chi connectivity index (χ2v) is 8.35. The molecule has 0 radical (unpaired) electrons. The van der Waals surface area contributed by atoms with Crippen molar-refractivity contribution < 1.29 is 29.0 Å². The highest BCUT2D eigenvalue weighted by molar-refractivity contribution is 6.10. The van der Waals surface area contributed by atoms with Gasteiger partial charge < -0.3 is 19.5 Å². The summed E-state index contributed by atoms with van der Waals surface area (Å²) in [5.74, 6) is -1.45. The first kappa shape index (κ1) is 20.9. The van der Waals surface area contributed by atoms with E-state index in [-0.39, 0.29) is 18.0 Å². The number of ketones is 1. The van der Waals surface area contributed by atoms with Crippen molar-refractivity contribution in [2.75, 3.05) is 19.8 Å². The summed E-state index contributed by atoms with van der Waals surface area (Å²) in [6.07, 6.45) is 2.07. The molecule has 0 aromatic heterocycles. The molecule has 0 saturated carbocycles. The van der Waals surface area contributed by atoms with E-state index >= 15 is 0 Å². The molecule has 2 aliphatic rings. The van der Waals surface area contributed by atoms with Gasteiger partial charge in [-0.25, -0.2) is 4.79 Å². The standard InChI is InChI=1S/C22H27NO6/c1-22(2,3)20(26)17-18-14-9-5-6-10-15(14)29-13-16(24)28-12-8-4-7-11-23(18)21(27)19(17)25/h5-6,9-10,18,25H,4,7-8,11-13H2,1-3H3. The molecule has 0 saturated heterocycles. The molecular weight excluding hydrogens is 374 g/mol. The topological polar surface area (TPSA) is 93.1 Å². The average Bonchev–Trinajstić information content (AvgIpc) is 2.92. The second kappa shape index (κ2) is 8.27. The Bertz CT molecular complexity index is 851. The van der Waals surface area contributed by atoms with E-state index in [4.69, 9.17) is 9.47 Å². The highest BCUT2D eigenvalue weighted by Crippen LogP contribution is 2.43. The minimum atomic E-state index is -0.777. The Balaban J connectivity index is 2.10. The smallest absolute Gasteiger partial charge is 0.344 e. The maximum Gasteiger partial charge on any atom is 0.344 e. The number of esters is 1. The number of aliphatic hydroxyl groups is 1. The lowest BCUT2D eigenvalue weighted by Crippen LogP contribution is -2.34. The number of cyclic esters (lactones) is 1. The molecule has 29 heavy (non-hydrogen) atoms. The zero-order valence-corrected chi connectivity index (χ0v) is 17.1. The number of ether oxygens (including phenoxy) is 2. The van der Waals surface area contributed by atoms with Gasteiger partial charge in [0.15, 0.2) is 18.1 Å². The number of carbonyl (C=O) groups excluding carboxylic acids is 3. The lowest BCUT2D eigenvalue weighted by Gasteiger charge is -2.29. The first-order chi connectivity index (χ1) is 13.7. The lowest BCUT2D eigenvalue weighted by molar-refractivity contribution is -0.146. The fraction of sp³-hybridized carbons (Fsp3) is 0.500. The molecule has 7 heteroatoms. The molecule has 1 unspecified atom stereocenters. The molecule has 3 rings (SSSR count). The molecule has 0 fully saturated rings. The Morgan fingerprint density at radius 1 is 1.10 bits per heavy atom. The minimum absolute atomic E-state index is 0.0796. The van der Waals surface area contributed by atoms with Gasteiger partial charge in [-0.05, 0) is 25.3 Å². The molecule has 1 atom stereocenters. The van der Waals surface area contributed by atoms with Crippen molar-refractivity contribution in [1.29, 1.82) is 0 Å². The third-order valence-electron chi connectivity index (χ3n) is 5.10. The predicted octanol–water partition coefficient (Wildman–Crippen LogP) is 3.10.